The van der Waals surface area contributed by atoms with Crippen LogP contribution in [-0.2, 0) is 19.2 Å². The molecule has 2 saturated carbocycles. The van der Waals surface area contributed by atoms with Gasteiger partial charge in [0.05, 0.1) is 0 Å². The highest BCUT2D eigenvalue weighted by molar-refractivity contribution is 5.93. The van der Waals surface area contributed by atoms with Gasteiger partial charge in [-0.15, -0.1) is 0 Å². The number of hydrogen-bond donors (Lipinski definition) is 2. The predicted octanol–water partition coefficient (Wildman–Crippen LogP) is 10.5. The molecule has 0 radical (unpaired) electrons. The lowest BCUT2D eigenvalue weighted by Gasteiger charge is -2.46. The van der Waals surface area contributed by atoms with Crippen molar-refractivity contribution >= 4 is 23.6 Å². The van der Waals surface area contributed by atoms with Gasteiger partial charge >= 0.3 is 0 Å². The van der Waals surface area contributed by atoms with E-state index in [1.165, 1.54) is 0 Å². The highest BCUT2D eigenvalue weighted by Crippen LogP contribution is 2.39. The molecule has 0 spiro atoms. The molecule has 4 aromatic rings. The first-order valence-electron chi connectivity index (χ1n) is 27.4. The summed E-state index contributed by atoms with van der Waals surface area (Å²) in [5.41, 5.74) is 6.99. The Kier molecular flexibility index (Phi) is 16.5. The third-order valence-electron chi connectivity index (χ3n) is 16.9. The van der Waals surface area contributed by atoms with E-state index in [0.717, 1.165) is 109 Å². The van der Waals surface area contributed by atoms with Crippen LogP contribution >= 0.6 is 0 Å². The predicted molar refractivity (Wildman–Crippen MR) is 291 cm³/mol. The van der Waals surface area contributed by atoms with Crippen molar-refractivity contribution in [2.45, 2.75) is 166 Å². The summed E-state index contributed by atoms with van der Waals surface area (Å²) in [6, 6.07) is 33.7. The van der Waals surface area contributed by atoms with E-state index >= 15 is 0 Å². The third kappa shape index (κ3) is 12.0. The number of nitrogens with zero attached hydrogens (tertiary/aromatic N) is 4. The second-order valence-electron chi connectivity index (χ2n) is 23.7. The third-order valence-corrected chi connectivity index (χ3v) is 16.9. The highest BCUT2D eigenvalue weighted by atomic mass is 16.2. The fourth-order valence-electron chi connectivity index (χ4n) is 12.6. The molecule has 2 saturated heterocycles. The molecular weight excluding hydrogens is 893 g/mol. The summed E-state index contributed by atoms with van der Waals surface area (Å²) in [5.74, 6) is -0.465. The quantitative estimate of drug-likeness (QED) is 0.138. The maximum atomic E-state index is 14.7. The molecule has 10 heteroatoms. The highest BCUT2D eigenvalue weighted by Gasteiger charge is 2.46. The molecule has 2 atom stereocenters. The van der Waals surface area contributed by atoms with E-state index in [0.29, 0.717) is 51.9 Å². The number of carbonyl (C=O) groups excluding carboxylic acids is 4. The summed E-state index contributed by atoms with van der Waals surface area (Å²) >= 11 is 0. The van der Waals surface area contributed by atoms with Crippen LogP contribution in [0.25, 0.3) is 11.1 Å². The average molecular weight is 977 g/mol. The zero-order chi connectivity index (χ0) is 51.3. The summed E-state index contributed by atoms with van der Waals surface area (Å²) in [7, 11) is 0. The maximum absolute atomic E-state index is 14.7. The van der Waals surface area contributed by atoms with Crippen molar-refractivity contribution in [1.29, 1.82) is 0 Å². The van der Waals surface area contributed by atoms with Gasteiger partial charge in [-0.05, 0) is 126 Å². The van der Waals surface area contributed by atoms with Crippen LogP contribution in [0.4, 0.5) is 0 Å². The molecule has 4 amide bonds. The molecule has 10 nitrogen and oxygen atoms in total. The van der Waals surface area contributed by atoms with E-state index in [1.54, 1.807) is 0 Å². The zero-order valence-corrected chi connectivity index (χ0v) is 45.0. The molecule has 2 aliphatic heterocycles. The molecule has 2 aliphatic carbocycles. The molecule has 72 heavy (non-hydrogen) atoms. The minimum atomic E-state index is -0.886. The van der Waals surface area contributed by atoms with Gasteiger partial charge in [0.25, 0.3) is 0 Å². The topological polar surface area (TPSA) is 105 Å². The van der Waals surface area contributed by atoms with Gasteiger partial charge in [0.1, 0.15) is 11.1 Å². The zero-order valence-electron chi connectivity index (χ0n) is 45.0. The molecule has 0 bridgehead atoms. The number of aryl methyl sites for hydroxylation is 1. The smallest absolute Gasteiger partial charge is 0.248 e. The standard InChI is InChI=1S/C62H84N6O4/c1-45-21-14-15-24-50(45)54(44-56(70)64-62(33-18-11-19-34-62)58(72)66-37-41-68(42-38-66)60(6,7)8)52-26-20-25-51(46(52)2)48-27-29-49(30-28-48)53(47-22-12-9-13-23-47)43-55(69)63-61(31-16-10-17-32-61)57(71)65-35-39-67(40-36-65)59(3,4)5/h9,12-15,20-30,53-54H,10-11,16-19,31-44H2,1-8H3,(H,63,69)(H,64,70). The Morgan fingerprint density at radius 3 is 1.39 bits per heavy atom. The van der Waals surface area contributed by atoms with Gasteiger partial charge in [-0.1, -0.05) is 136 Å². The van der Waals surface area contributed by atoms with Crippen molar-refractivity contribution < 1.29 is 19.2 Å². The van der Waals surface area contributed by atoms with Gasteiger partial charge in [-0.3, -0.25) is 29.0 Å². The summed E-state index contributed by atoms with van der Waals surface area (Å²) in [6.07, 6.45) is 8.98. The largest absolute Gasteiger partial charge is 0.342 e. The molecular formula is C62H84N6O4. The fourth-order valence-corrected chi connectivity index (χ4v) is 12.6. The van der Waals surface area contributed by atoms with Crippen LogP contribution in [-0.4, -0.2) is 118 Å². The maximum Gasteiger partial charge on any atom is 0.248 e. The van der Waals surface area contributed by atoms with Crippen molar-refractivity contribution in [1.82, 2.24) is 30.2 Å². The number of nitrogens with one attached hydrogen (secondary N) is 2. The Bertz CT molecular complexity index is 2500. The van der Waals surface area contributed by atoms with E-state index in [9.17, 15) is 19.2 Å². The van der Waals surface area contributed by atoms with E-state index in [-0.39, 0.29) is 59.4 Å². The van der Waals surface area contributed by atoms with Crippen LogP contribution in [0, 0.1) is 13.8 Å². The minimum Gasteiger partial charge on any atom is -0.342 e. The van der Waals surface area contributed by atoms with Gasteiger partial charge < -0.3 is 20.4 Å². The van der Waals surface area contributed by atoms with E-state index in [4.69, 9.17) is 0 Å². The van der Waals surface area contributed by atoms with Crippen LogP contribution in [0.2, 0.25) is 0 Å². The second kappa shape index (κ2) is 22.4. The first kappa shape index (κ1) is 53.0. The van der Waals surface area contributed by atoms with Crippen LogP contribution < -0.4 is 10.6 Å². The summed E-state index contributed by atoms with van der Waals surface area (Å²) in [5, 5.41) is 6.82. The van der Waals surface area contributed by atoms with Gasteiger partial charge in [0.2, 0.25) is 23.6 Å². The fraction of sp³-hybridized carbons (Fsp3) is 0.548. The molecule has 4 aliphatic rings. The Hall–Kier alpha value is -5.32. The molecule has 8 rings (SSSR count). The Balaban J connectivity index is 1.02. The SMILES string of the molecule is Cc1ccccc1C(CC(=O)NC1(C(=O)N2CCN(C(C)(C)C)CC2)CCCCC1)c1cccc(-c2ccc(C(CC(=O)NC3(C(=O)N4CCN(C(C)(C)C)CC4)CCCCC3)c3ccccc3)cc2)c1C. The van der Waals surface area contributed by atoms with Gasteiger partial charge in [-0.25, -0.2) is 0 Å². The molecule has 4 aromatic carbocycles. The number of amides is 4. The molecule has 2 unspecified atom stereocenters. The van der Waals surface area contributed by atoms with E-state index < -0.39 is 11.1 Å². The Morgan fingerprint density at radius 2 is 0.917 bits per heavy atom. The molecule has 0 aromatic heterocycles. The lowest BCUT2D eigenvalue weighted by atomic mass is 9.78. The molecule has 4 fully saturated rings. The van der Waals surface area contributed by atoms with E-state index in [1.807, 2.05) is 34.1 Å². The normalized spacial score (nSPS) is 19.8. The Labute approximate surface area is 431 Å². The van der Waals surface area contributed by atoms with Crippen LogP contribution in [0.3, 0.4) is 0 Å². The van der Waals surface area contributed by atoms with Gasteiger partial charge in [-0.2, -0.15) is 0 Å². The molecule has 386 valence electrons. The molecule has 2 heterocycles. The van der Waals surface area contributed by atoms with Crippen molar-refractivity contribution in [2.24, 2.45) is 0 Å². The summed E-state index contributed by atoms with van der Waals surface area (Å²) in [4.78, 5) is 67.0. The number of carbonyl (C=O) groups is 4. The number of benzene rings is 4. The first-order chi connectivity index (χ1) is 34.4. The summed E-state index contributed by atoms with van der Waals surface area (Å²) < 4.78 is 0. The van der Waals surface area contributed by atoms with Crippen molar-refractivity contribution in [3.05, 3.63) is 130 Å². The minimum absolute atomic E-state index is 0.0475. The van der Waals surface area contributed by atoms with Gasteiger partial charge in [0.15, 0.2) is 0 Å². The number of piperazine rings is 2. The van der Waals surface area contributed by atoms with Crippen molar-refractivity contribution in [3.63, 3.8) is 0 Å². The van der Waals surface area contributed by atoms with Gasteiger partial charge in [0, 0.05) is 88.1 Å². The summed E-state index contributed by atoms with van der Waals surface area (Å²) in [6.45, 7) is 23.7. The number of hydrogen-bond acceptors (Lipinski definition) is 6. The first-order valence-corrected chi connectivity index (χ1v) is 27.4. The monoisotopic (exact) mass is 977 g/mol. The van der Waals surface area contributed by atoms with Crippen molar-refractivity contribution in [3.8, 4) is 11.1 Å². The number of rotatable bonds is 13. The molecule has 2 N–H and O–H groups in total. The Morgan fingerprint density at radius 1 is 0.486 bits per heavy atom. The van der Waals surface area contributed by atoms with Crippen LogP contribution in [0.15, 0.2) is 97.1 Å². The average Bonchev–Trinajstić information content (AvgIpc) is 3.37. The lowest BCUT2D eigenvalue weighted by molar-refractivity contribution is -0.146. The van der Waals surface area contributed by atoms with E-state index in [2.05, 4.69) is 149 Å². The van der Waals surface area contributed by atoms with Crippen LogP contribution in [0.1, 0.15) is 164 Å². The van der Waals surface area contributed by atoms with Crippen LogP contribution in [0.5, 0.6) is 0 Å². The van der Waals surface area contributed by atoms with Crippen molar-refractivity contribution in [2.75, 3.05) is 52.4 Å². The second-order valence-corrected chi connectivity index (χ2v) is 23.7. The lowest BCUT2D eigenvalue weighted by Crippen LogP contribution is -2.64.